The highest BCUT2D eigenvalue weighted by Crippen LogP contribution is 2.28. The first-order chi connectivity index (χ1) is 12.5. The number of nitrogens with zero attached hydrogens (tertiary/aromatic N) is 5. The molecular formula is C18H26N6O2. The standard InChI is InChI=1S/C18H26N6O2/c1-3-7-24-13(2)15(11-21-24)18(26)22-8-4-14(5-9-22)17-20-6-10-23(17)12-16(19)25/h6,10-11,14H,3-5,7-9,12H2,1-2H3,(H2,19,25). The molecule has 0 radical (unpaired) electrons. The maximum Gasteiger partial charge on any atom is 0.257 e. The van der Waals surface area contributed by atoms with E-state index < -0.39 is 0 Å². The summed E-state index contributed by atoms with van der Waals surface area (Å²) in [5, 5.41) is 4.33. The van der Waals surface area contributed by atoms with Gasteiger partial charge in [-0.2, -0.15) is 5.10 Å². The highest BCUT2D eigenvalue weighted by molar-refractivity contribution is 5.95. The second-order valence-electron chi connectivity index (χ2n) is 6.81. The Kier molecular flexibility index (Phi) is 5.39. The van der Waals surface area contributed by atoms with Gasteiger partial charge in [-0.1, -0.05) is 6.92 Å². The van der Waals surface area contributed by atoms with Gasteiger partial charge in [0.15, 0.2) is 0 Å². The van der Waals surface area contributed by atoms with Gasteiger partial charge in [-0.05, 0) is 26.2 Å². The fraction of sp³-hybridized carbons (Fsp3) is 0.556. The van der Waals surface area contributed by atoms with E-state index in [4.69, 9.17) is 5.73 Å². The van der Waals surface area contributed by atoms with Crippen molar-refractivity contribution in [2.75, 3.05) is 13.1 Å². The van der Waals surface area contributed by atoms with Crippen LogP contribution in [-0.4, -0.2) is 49.1 Å². The van der Waals surface area contributed by atoms with Crippen LogP contribution < -0.4 is 5.73 Å². The van der Waals surface area contributed by atoms with Gasteiger partial charge in [0.25, 0.3) is 5.91 Å². The van der Waals surface area contributed by atoms with Crippen LogP contribution in [0.4, 0.5) is 0 Å². The zero-order valence-corrected chi connectivity index (χ0v) is 15.4. The third kappa shape index (κ3) is 3.63. The van der Waals surface area contributed by atoms with Crippen LogP contribution in [-0.2, 0) is 17.9 Å². The molecule has 2 N–H and O–H groups in total. The zero-order valence-electron chi connectivity index (χ0n) is 15.4. The number of carbonyl (C=O) groups is 2. The second-order valence-corrected chi connectivity index (χ2v) is 6.81. The van der Waals surface area contributed by atoms with Gasteiger partial charge in [-0.15, -0.1) is 0 Å². The Labute approximate surface area is 153 Å². The fourth-order valence-electron chi connectivity index (χ4n) is 3.59. The van der Waals surface area contributed by atoms with Crippen molar-refractivity contribution in [2.24, 2.45) is 5.73 Å². The zero-order chi connectivity index (χ0) is 18.7. The normalized spacial score (nSPS) is 15.4. The van der Waals surface area contributed by atoms with Crippen LogP contribution in [0.5, 0.6) is 0 Å². The molecule has 8 nitrogen and oxygen atoms in total. The van der Waals surface area contributed by atoms with Crippen LogP contribution in [0.3, 0.4) is 0 Å². The number of rotatable bonds is 6. The number of primary amides is 1. The number of imidazole rings is 1. The number of aromatic nitrogens is 4. The van der Waals surface area contributed by atoms with Crippen LogP contribution in [0.15, 0.2) is 18.6 Å². The van der Waals surface area contributed by atoms with Crippen LogP contribution in [0.1, 0.15) is 54.0 Å². The smallest absolute Gasteiger partial charge is 0.257 e. The molecule has 26 heavy (non-hydrogen) atoms. The second kappa shape index (κ2) is 7.72. The third-order valence-corrected chi connectivity index (χ3v) is 4.99. The Balaban J connectivity index is 1.64. The quantitative estimate of drug-likeness (QED) is 0.841. The number of hydrogen-bond donors (Lipinski definition) is 1. The van der Waals surface area contributed by atoms with E-state index in [1.807, 2.05) is 21.1 Å². The summed E-state index contributed by atoms with van der Waals surface area (Å²) in [5.41, 5.74) is 6.91. The average Bonchev–Trinajstić information content (AvgIpc) is 3.22. The molecule has 1 fully saturated rings. The summed E-state index contributed by atoms with van der Waals surface area (Å²) in [6.07, 6.45) is 7.79. The highest BCUT2D eigenvalue weighted by Gasteiger charge is 2.28. The minimum absolute atomic E-state index is 0.0452. The maximum atomic E-state index is 12.8. The van der Waals surface area contributed by atoms with E-state index in [-0.39, 0.29) is 24.3 Å². The molecule has 0 saturated carbocycles. The molecule has 3 rings (SSSR count). The molecule has 2 amide bonds. The molecule has 8 heteroatoms. The molecule has 2 aromatic rings. The van der Waals surface area contributed by atoms with Gasteiger partial charge >= 0.3 is 0 Å². The van der Waals surface area contributed by atoms with E-state index >= 15 is 0 Å². The van der Waals surface area contributed by atoms with E-state index in [1.165, 1.54) is 0 Å². The lowest BCUT2D eigenvalue weighted by Crippen LogP contribution is -2.38. The molecule has 0 aromatic carbocycles. The Morgan fingerprint density at radius 2 is 2.04 bits per heavy atom. The van der Waals surface area contributed by atoms with Gasteiger partial charge in [-0.3, -0.25) is 14.3 Å². The minimum atomic E-state index is -0.378. The van der Waals surface area contributed by atoms with Gasteiger partial charge < -0.3 is 15.2 Å². The number of aryl methyl sites for hydroxylation is 1. The van der Waals surface area contributed by atoms with Gasteiger partial charge in [0.05, 0.1) is 11.8 Å². The molecule has 1 aliphatic heterocycles. The third-order valence-electron chi connectivity index (χ3n) is 4.99. The van der Waals surface area contributed by atoms with E-state index in [0.717, 1.165) is 37.3 Å². The molecule has 0 aliphatic carbocycles. The molecule has 1 aliphatic rings. The lowest BCUT2D eigenvalue weighted by Gasteiger charge is -2.31. The van der Waals surface area contributed by atoms with Crippen LogP contribution in [0, 0.1) is 6.92 Å². The van der Waals surface area contributed by atoms with Crippen molar-refractivity contribution >= 4 is 11.8 Å². The lowest BCUT2D eigenvalue weighted by atomic mass is 9.95. The number of nitrogens with two attached hydrogens (primary N) is 1. The van der Waals surface area contributed by atoms with Gasteiger partial charge in [-0.25, -0.2) is 4.98 Å². The Hall–Kier alpha value is -2.64. The lowest BCUT2D eigenvalue weighted by molar-refractivity contribution is -0.118. The monoisotopic (exact) mass is 358 g/mol. The predicted molar refractivity (Wildman–Crippen MR) is 96.6 cm³/mol. The first kappa shape index (κ1) is 18.2. The molecule has 0 atom stereocenters. The fourth-order valence-corrected chi connectivity index (χ4v) is 3.59. The topological polar surface area (TPSA) is 99.0 Å². The molecule has 1 saturated heterocycles. The maximum absolute atomic E-state index is 12.8. The van der Waals surface area contributed by atoms with E-state index in [9.17, 15) is 9.59 Å². The largest absolute Gasteiger partial charge is 0.368 e. The highest BCUT2D eigenvalue weighted by atomic mass is 16.2. The number of hydrogen-bond acceptors (Lipinski definition) is 4. The van der Waals surface area contributed by atoms with Crippen molar-refractivity contribution in [3.63, 3.8) is 0 Å². The van der Waals surface area contributed by atoms with Crippen LogP contribution in [0.25, 0.3) is 0 Å². The summed E-state index contributed by atoms with van der Waals surface area (Å²) in [5.74, 6) is 0.778. The summed E-state index contributed by atoms with van der Waals surface area (Å²) in [4.78, 5) is 30.3. The van der Waals surface area contributed by atoms with Crippen molar-refractivity contribution in [3.05, 3.63) is 35.7 Å². The van der Waals surface area contributed by atoms with E-state index in [2.05, 4.69) is 17.0 Å². The Bertz CT molecular complexity index is 785. The summed E-state index contributed by atoms with van der Waals surface area (Å²) in [7, 11) is 0. The van der Waals surface area contributed by atoms with Crippen molar-refractivity contribution in [1.29, 1.82) is 0 Å². The van der Waals surface area contributed by atoms with Crippen molar-refractivity contribution in [1.82, 2.24) is 24.2 Å². The number of carbonyl (C=O) groups excluding carboxylic acids is 2. The first-order valence-corrected chi connectivity index (χ1v) is 9.12. The minimum Gasteiger partial charge on any atom is -0.368 e. The molecule has 2 aromatic heterocycles. The van der Waals surface area contributed by atoms with E-state index in [1.54, 1.807) is 18.6 Å². The summed E-state index contributed by atoms with van der Waals surface area (Å²) >= 11 is 0. The van der Waals surface area contributed by atoms with Crippen LogP contribution >= 0.6 is 0 Å². The molecule has 3 heterocycles. The number of likely N-dealkylation sites (tertiary alicyclic amines) is 1. The Morgan fingerprint density at radius 1 is 1.31 bits per heavy atom. The van der Waals surface area contributed by atoms with Gasteiger partial charge in [0.2, 0.25) is 5.91 Å². The summed E-state index contributed by atoms with van der Waals surface area (Å²) in [6, 6.07) is 0. The predicted octanol–water partition coefficient (Wildman–Crippen LogP) is 1.30. The number of amides is 2. The summed E-state index contributed by atoms with van der Waals surface area (Å²) < 4.78 is 3.70. The van der Waals surface area contributed by atoms with Crippen molar-refractivity contribution in [3.8, 4) is 0 Å². The molecular weight excluding hydrogens is 332 g/mol. The van der Waals surface area contributed by atoms with Crippen molar-refractivity contribution in [2.45, 2.75) is 52.1 Å². The van der Waals surface area contributed by atoms with Gasteiger partial charge in [0, 0.05) is 43.6 Å². The van der Waals surface area contributed by atoms with Gasteiger partial charge in [0.1, 0.15) is 12.4 Å². The first-order valence-electron chi connectivity index (χ1n) is 9.12. The Morgan fingerprint density at radius 3 is 2.69 bits per heavy atom. The van der Waals surface area contributed by atoms with Crippen LogP contribution in [0.2, 0.25) is 0 Å². The molecule has 0 unspecified atom stereocenters. The molecule has 0 bridgehead atoms. The SMILES string of the molecule is CCCn1ncc(C(=O)N2CCC(c3nccn3CC(N)=O)CC2)c1C. The number of piperidine rings is 1. The molecule has 140 valence electrons. The summed E-state index contributed by atoms with van der Waals surface area (Å²) in [6.45, 7) is 6.35. The average molecular weight is 358 g/mol. The van der Waals surface area contributed by atoms with E-state index in [0.29, 0.717) is 18.7 Å². The molecule has 0 spiro atoms. The van der Waals surface area contributed by atoms with Crippen molar-refractivity contribution < 1.29 is 9.59 Å².